The van der Waals surface area contributed by atoms with Crippen molar-refractivity contribution in [2.45, 2.75) is 13.8 Å². The first-order chi connectivity index (χ1) is 7.47. The Morgan fingerprint density at radius 3 is 2.50 bits per heavy atom. The summed E-state index contributed by atoms with van der Waals surface area (Å²) in [7, 11) is 4.99. The van der Waals surface area contributed by atoms with Crippen LogP contribution in [-0.2, 0) is 0 Å². The fourth-order valence-corrected chi connectivity index (χ4v) is 2.17. The minimum absolute atomic E-state index is 0.0583. The Kier molecular flexibility index (Phi) is 4.06. The van der Waals surface area contributed by atoms with Gasteiger partial charge in [0, 0.05) is 25.2 Å². The van der Waals surface area contributed by atoms with Gasteiger partial charge in [-0.05, 0) is 13.8 Å². The van der Waals surface area contributed by atoms with E-state index in [2.05, 4.69) is 4.99 Å². The van der Waals surface area contributed by atoms with Gasteiger partial charge in [-0.2, -0.15) is 0 Å². The highest BCUT2D eigenvalue weighted by Gasteiger charge is 2.19. The number of carbonyl (C=O) groups excluding carboxylic acids is 1. The Hall–Kier alpha value is -1.36. The zero-order valence-electron chi connectivity index (χ0n) is 10.2. The Labute approximate surface area is 99.6 Å². The lowest BCUT2D eigenvalue weighted by atomic mass is 10.3. The van der Waals surface area contributed by atoms with E-state index in [1.54, 1.807) is 21.2 Å². The Morgan fingerprint density at radius 2 is 2.06 bits per heavy atom. The average Bonchev–Trinajstić information content (AvgIpc) is 2.58. The van der Waals surface area contributed by atoms with Gasteiger partial charge in [-0.25, -0.2) is 0 Å². The van der Waals surface area contributed by atoms with Crippen molar-refractivity contribution in [1.29, 1.82) is 0 Å². The standard InChI is InChI=1S/C11H16N2O2S/c1-7(2)12-8-6-16-10(9(8)15-5)11(14)13(3)4/h6H,1-5H3. The van der Waals surface area contributed by atoms with Crippen LogP contribution in [-0.4, -0.2) is 37.7 Å². The quantitative estimate of drug-likeness (QED) is 0.762. The summed E-state index contributed by atoms with van der Waals surface area (Å²) in [6.07, 6.45) is 0. The van der Waals surface area contributed by atoms with Crippen LogP contribution < -0.4 is 4.74 Å². The predicted octanol–water partition coefficient (Wildman–Crippen LogP) is 2.57. The highest BCUT2D eigenvalue weighted by Crippen LogP contribution is 2.37. The van der Waals surface area contributed by atoms with Crippen LogP contribution >= 0.6 is 11.3 Å². The fourth-order valence-electron chi connectivity index (χ4n) is 1.20. The Morgan fingerprint density at radius 1 is 1.44 bits per heavy atom. The Balaban J connectivity index is 3.19. The van der Waals surface area contributed by atoms with Gasteiger partial charge in [0.25, 0.3) is 5.91 Å². The number of aliphatic imine (C=N–C) groups is 1. The number of amides is 1. The maximum Gasteiger partial charge on any atom is 0.267 e. The highest BCUT2D eigenvalue weighted by atomic mass is 32.1. The molecule has 0 unspecified atom stereocenters. The van der Waals surface area contributed by atoms with Gasteiger partial charge in [0.2, 0.25) is 0 Å². The summed E-state index contributed by atoms with van der Waals surface area (Å²) in [5.74, 6) is 0.502. The molecule has 5 heteroatoms. The Bertz CT molecular complexity index is 418. The molecule has 1 aromatic rings. The fraction of sp³-hybridized carbons (Fsp3) is 0.455. The van der Waals surface area contributed by atoms with E-state index in [1.165, 1.54) is 16.2 Å². The summed E-state index contributed by atoms with van der Waals surface area (Å²) in [5, 5.41) is 1.84. The second-order valence-electron chi connectivity index (χ2n) is 3.74. The number of carbonyl (C=O) groups is 1. The van der Waals surface area contributed by atoms with Gasteiger partial charge in [-0.3, -0.25) is 9.79 Å². The van der Waals surface area contributed by atoms with Gasteiger partial charge < -0.3 is 9.64 Å². The third kappa shape index (κ3) is 2.61. The third-order valence-electron chi connectivity index (χ3n) is 1.88. The molecule has 16 heavy (non-hydrogen) atoms. The zero-order valence-corrected chi connectivity index (χ0v) is 11.0. The van der Waals surface area contributed by atoms with Crippen molar-refractivity contribution in [2.24, 2.45) is 4.99 Å². The number of ether oxygens (including phenoxy) is 1. The van der Waals surface area contributed by atoms with Gasteiger partial charge in [-0.15, -0.1) is 11.3 Å². The molecular formula is C11H16N2O2S. The second kappa shape index (κ2) is 5.12. The van der Waals surface area contributed by atoms with Crippen LogP contribution in [0.3, 0.4) is 0 Å². The molecule has 0 saturated carbocycles. The first-order valence-corrected chi connectivity index (χ1v) is 5.74. The molecule has 1 rings (SSSR count). The number of hydrogen-bond donors (Lipinski definition) is 0. The first-order valence-electron chi connectivity index (χ1n) is 4.86. The smallest absolute Gasteiger partial charge is 0.267 e. The summed E-state index contributed by atoms with van der Waals surface area (Å²) in [5.41, 5.74) is 1.65. The summed E-state index contributed by atoms with van der Waals surface area (Å²) in [6, 6.07) is 0. The van der Waals surface area contributed by atoms with Crippen LogP contribution in [0.4, 0.5) is 5.69 Å². The monoisotopic (exact) mass is 240 g/mol. The lowest BCUT2D eigenvalue weighted by Crippen LogP contribution is -2.21. The molecule has 88 valence electrons. The van der Waals surface area contributed by atoms with E-state index in [0.717, 1.165) is 11.4 Å². The molecule has 0 saturated heterocycles. The van der Waals surface area contributed by atoms with Crippen molar-refractivity contribution < 1.29 is 9.53 Å². The van der Waals surface area contributed by atoms with Gasteiger partial charge >= 0.3 is 0 Å². The molecule has 1 heterocycles. The third-order valence-corrected chi connectivity index (χ3v) is 2.81. The molecule has 0 spiro atoms. The molecule has 1 amide bonds. The van der Waals surface area contributed by atoms with Gasteiger partial charge in [0.05, 0.1) is 7.11 Å². The van der Waals surface area contributed by atoms with E-state index in [4.69, 9.17) is 4.74 Å². The molecule has 0 fully saturated rings. The van der Waals surface area contributed by atoms with E-state index in [0.29, 0.717) is 10.6 Å². The predicted molar refractivity (Wildman–Crippen MR) is 67.3 cm³/mol. The maximum absolute atomic E-state index is 11.8. The molecule has 0 aliphatic rings. The molecule has 0 aliphatic heterocycles. The summed E-state index contributed by atoms with van der Waals surface area (Å²) in [6.45, 7) is 3.81. The molecule has 0 N–H and O–H groups in total. The van der Waals surface area contributed by atoms with Gasteiger partial charge in [0.1, 0.15) is 10.6 Å². The lowest BCUT2D eigenvalue weighted by Gasteiger charge is -2.10. The number of hydrogen-bond acceptors (Lipinski definition) is 4. The first kappa shape index (κ1) is 12.7. The minimum Gasteiger partial charge on any atom is -0.493 e. The summed E-state index contributed by atoms with van der Waals surface area (Å²) in [4.78, 5) is 18.3. The van der Waals surface area contributed by atoms with Crippen molar-refractivity contribution >= 4 is 28.6 Å². The average molecular weight is 240 g/mol. The zero-order chi connectivity index (χ0) is 12.3. The van der Waals surface area contributed by atoms with Crippen LogP contribution in [0, 0.1) is 0 Å². The second-order valence-corrected chi connectivity index (χ2v) is 4.62. The van der Waals surface area contributed by atoms with Crippen LogP contribution in [0.5, 0.6) is 5.75 Å². The van der Waals surface area contributed by atoms with Crippen LogP contribution in [0.1, 0.15) is 23.5 Å². The van der Waals surface area contributed by atoms with Crippen molar-refractivity contribution in [2.75, 3.05) is 21.2 Å². The molecular weight excluding hydrogens is 224 g/mol. The van der Waals surface area contributed by atoms with Crippen LogP contribution in [0.2, 0.25) is 0 Å². The normalized spacial score (nSPS) is 9.81. The maximum atomic E-state index is 11.8. The number of rotatable bonds is 3. The molecule has 0 atom stereocenters. The molecule has 0 bridgehead atoms. The van der Waals surface area contributed by atoms with Crippen LogP contribution in [0.15, 0.2) is 10.4 Å². The molecule has 0 aliphatic carbocycles. The van der Waals surface area contributed by atoms with Crippen molar-refractivity contribution in [3.8, 4) is 5.75 Å². The molecule has 1 aromatic heterocycles. The van der Waals surface area contributed by atoms with Crippen molar-refractivity contribution in [3.63, 3.8) is 0 Å². The van der Waals surface area contributed by atoms with Gasteiger partial charge in [-0.1, -0.05) is 0 Å². The topological polar surface area (TPSA) is 41.9 Å². The molecule has 0 radical (unpaired) electrons. The van der Waals surface area contributed by atoms with E-state index >= 15 is 0 Å². The summed E-state index contributed by atoms with van der Waals surface area (Å²) < 4.78 is 5.24. The summed E-state index contributed by atoms with van der Waals surface area (Å²) >= 11 is 1.36. The van der Waals surface area contributed by atoms with E-state index in [9.17, 15) is 4.79 Å². The van der Waals surface area contributed by atoms with E-state index < -0.39 is 0 Å². The van der Waals surface area contributed by atoms with Crippen molar-refractivity contribution in [1.82, 2.24) is 4.90 Å². The van der Waals surface area contributed by atoms with E-state index in [1.807, 2.05) is 19.2 Å². The minimum atomic E-state index is -0.0583. The van der Waals surface area contributed by atoms with Crippen molar-refractivity contribution in [3.05, 3.63) is 10.3 Å². The molecule has 0 aromatic carbocycles. The number of thiophene rings is 1. The van der Waals surface area contributed by atoms with Crippen LogP contribution in [0.25, 0.3) is 0 Å². The highest BCUT2D eigenvalue weighted by molar-refractivity contribution is 7.13. The van der Waals surface area contributed by atoms with E-state index in [-0.39, 0.29) is 5.91 Å². The largest absolute Gasteiger partial charge is 0.493 e. The lowest BCUT2D eigenvalue weighted by molar-refractivity contribution is 0.0829. The number of nitrogens with zero attached hydrogens (tertiary/aromatic N) is 2. The SMILES string of the molecule is COc1c(N=C(C)C)csc1C(=O)N(C)C. The number of methoxy groups -OCH3 is 1. The molecule has 4 nitrogen and oxygen atoms in total. The van der Waals surface area contributed by atoms with Gasteiger partial charge in [0.15, 0.2) is 5.75 Å².